The van der Waals surface area contributed by atoms with Gasteiger partial charge in [0, 0.05) is 38.3 Å². The summed E-state index contributed by atoms with van der Waals surface area (Å²) in [4.78, 5) is 17.0. The van der Waals surface area contributed by atoms with Gasteiger partial charge in [0.1, 0.15) is 6.26 Å². The van der Waals surface area contributed by atoms with Crippen molar-refractivity contribution < 1.29 is 17.6 Å². The lowest BCUT2D eigenvalue weighted by atomic mass is 9.89. The Balaban J connectivity index is 1.40. The highest BCUT2D eigenvalue weighted by Gasteiger charge is 2.35. The summed E-state index contributed by atoms with van der Waals surface area (Å²) in [5, 5.41) is 0. The minimum Gasteiger partial charge on any atom is -0.472 e. The highest BCUT2D eigenvalue weighted by molar-refractivity contribution is 7.89. The van der Waals surface area contributed by atoms with Crippen LogP contribution in [0.1, 0.15) is 36.0 Å². The molecule has 4 rings (SSSR count). The van der Waals surface area contributed by atoms with Gasteiger partial charge in [-0.05, 0) is 31.0 Å². The molecule has 156 valence electrons. The fraction of sp³-hybridized carbons (Fsp3) is 0.476. The van der Waals surface area contributed by atoms with Crippen LogP contribution >= 0.6 is 0 Å². The van der Waals surface area contributed by atoms with Crippen LogP contribution < -0.4 is 4.72 Å². The topological polar surface area (TPSA) is 82.9 Å². The Morgan fingerprint density at radius 1 is 1.00 bits per heavy atom. The SMILES string of the molecule is O=C(c1ccoc1)N1CCN([C@@H]2CCCC[C@@H]2NS(=O)(=O)c2ccccc2)CC1. The van der Waals surface area contributed by atoms with Crippen molar-refractivity contribution >= 4 is 15.9 Å². The van der Waals surface area contributed by atoms with Crippen molar-refractivity contribution in [2.24, 2.45) is 0 Å². The first-order valence-electron chi connectivity index (χ1n) is 10.2. The third kappa shape index (κ3) is 4.55. The molecule has 2 aliphatic rings. The number of hydrogen-bond acceptors (Lipinski definition) is 5. The van der Waals surface area contributed by atoms with Crippen LogP contribution in [-0.4, -0.2) is 62.4 Å². The van der Waals surface area contributed by atoms with Gasteiger partial charge in [0.2, 0.25) is 10.0 Å². The fourth-order valence-corrected chi connectivity index (χ4v) is 5.70. The van der Waals surface area contributed by atoms with Gasteiger partial charge in [-0.1, -0.05) is 31.0 Å². The molecule has 0 unspecified atom stereocenters. The molecule has 1 amide bonds. The van der Waals surface area contributed by atoms with Crippen LogP contribution in [0.25, 0.3) is 0 Å². The first-order valence-corrected chi connectivity index (χ1v) is 11.7. The number of sulfonamides is 1. The quantitative estimate of drug-likeness (QED) is 0.807. The summed E-state index contributed by atoms with van der Waals surface area (Å²) in [5.74, 6) is -0.0108. The first-order chi connectivity index (χ1) is 14.0. The molecular weight excluding hydrogens is 390 g/mol. The maximum absolute atomic E-state index is 12.8. The average molecular weight is 418 g/mol. The van der Waals surface area contributed by atoms with Crippen molar-refractivity contribution in [3.8, 4) is 0 Å². The monoisotopic (exact) mass is 417 g/mol. The van der Waals surface area contributed by atoms with Crippen LogP contribution in [0, 0.1) is 0 Å². The maximum Gasteiger partial charge on any atom is 0.257 e. The van der Waals surface area contributed by atoms with Crippen molar-refractivity contribution in [3.05, 3.63) is 54.5 Å². The molecule has 29 heavy (non-hydrogen) atoms. The Kier molecular flexibility index (Phi) is 6.03. The van der Waals surface area contributed by atoms with E-state index in [-0.39, 0.29) is 18.0 Å². The Hall–Kier alpha value is -2.16. The number of benzene rings is 1. The highest BCUT2D eigenvalue weighted by Crippen LogP contribution is 2.26. The van der Waals surface area contributed by atoms with Crippen LogP contribution in [-0.2, 0) is 10.0 Å². The van der Waals surface area contributed by atoms with Crippen LogP contribution in [0.5, 0.6) is 0 Å². The van der Waals surface area contributed by atoms with Crippen molar-refractivity contribution in [2.45, 2.75) is 42.7 Å². The molecule has 0 spiro atoms. The van der Waals surface area contributed by atoms with Crippen LogP contribution in [0.3, 0.4) is 0 Å². The van der Waals surface area contributed by atoms with Gasteiger partial charge in [-0.3, -0.25) is 9.69 Å². The highest BCUT2D eigenvalue weighted by atomic mass is 32.2. The van der Waals surface area contributed by atoms with Crippen LogP contribution in [0.4, 0.5) is 0 Å². The predicted octanol–water partition coefficient (Wildman–Crippen LogP) is 2.33. The Labute approximate surface area is 171 Å². The zero-order valence-corrected chi connectivity index (χ0v) is 17.2. The molecule has 8 heteroatoms. The number of piperazine rings is 1. The molecule has 0 bridgehead atoms. The van der Waals surface area contributed by atoms with E-state index in [9.17, 15) is 13.2 Å². The smallest absolute Gasteiger partial charge is 0.257 e. The maximum atomic E-state index is 12.8. The second-order valence-corrected chi connectivity index (χ2v) is 9.45. The van der Waals surface area contributed by atoms with Gasteiger partial charge >= 0.3 is 0 Å². The summed E-state index contributed by atoms with van der Waals surface area (Å²) in [6, 6.07) is 10.3. The Bertz CT molecular complexity index is 907. The van der Waals surface area contributed by atoms with Gasteiger partial charge in [0.25, 0.3) is 5.91 Å². The van der Waals surface area contributed by atoms with E-state index in [1.54, 1.807) is 30.3 Å². The first kappa shape index (κ1) is 20.1. The van der Waals surface area contributed by atoms with Crippen molar-refractivity contribution in [3.63, 3.8) is 0 Å². The molecular formula is C21H27N3O4S. The van der Waals surface area contributed by atoms with Gasteiger partial charge in [0.15, 0.2) is 0 Å². The van der Waals surface area contributed by atoms with E-state index in [0.717, 1.165) is 38.8 Å². The van der Waals surface area contributed by atoms with Crippen molar-refractivity contribution in [2.75, 3.05) is 26.2 Å². The Morgan fingerprint density at radius 2 is 1.72 bits per heavy atom. The summed E-state index contributed by atoms with van der Waals surface area (Å²) >= 11 is 0. The number of nitrogens with one attached hydrogen (secondary N) is 1. The lowest BCUT2D eigenvalue weighted by Crippen LogP contribution is -2.58. The van der Waals surface area contributed by atoms with Gasteiger partial charge in [-0.2, -0.15) is 0 Å². The van der Waals surface area contributed by atoms with Crippen molar-refractivity contribution in [1.29, 1.82) is 0 Å². The van der Waals surface area contributed by atoms with Gasteiger partial charge in [-0.15, -0.1) is 0 Å². The summed E-state index contributed by atoms with van der Waals surface area (Å²) < 4.78 is 33.6. The van der Waals surface area contributed by atoms with Crippen LogP contribution in [0.2, 0.25) is 0 Å². The standard InChI is InChI=1S/C21H27N3O4S/c25-21(17-10-15-28-16-17)24-13-11-23(12-14-24)20-9-5-4-8-19(20)22-29(26,27)18-6-2-1-3-7-18/h1-3,6-7,10,15-16,19-20,22H,4-5,8-9,11-14H2/t19-,20+/m0/s1. The molecule has 2 heterocycles. The third-order valence-electron chi connectivity index (χ3n) is 5.93. The van der Waals surface area contributed by atoms with E-state index in [0.29, 0.717) is 23.5 Å². The van der Waals surface area contributed by atoms with E-state index in [2.05, 4.69) is 9.62 Å². The zero-order chi connectivity index (χ0) is 20.3. The minimum absolute atomic E-state index is 0.0108. The van der Waals surface area contributed by atoms with E-state index < -0.39 is 10.0 Å². The summed E-state index contributed by atoms with van der Waals surface area (Å²) in [7, 11) is -3.54. The molecule has 1 aromatic heterocycles. The molecule has 1 saturated heterocycles. The molecule has 1 aliphatic carbocycles. The number of amides is 1. The second-order valence-electron chi connectivity index (χ2n) is 7.73. The molecule has 1 aromatic carbocycles. The predicted molar refractivity (Wildman–Crippen MR) is 109 cm³/mol. The minimum atomic E-state index is -3.54. The molecule has 7 nitrogen and oxygen atoms in total. The summed E-state index contributed by atoms with van der Waals surface area (Å²) in [6.45, 7) is 2.77. The lowest BCUT2D eigenvalue weighted by molar-refractivity contribution is 0.0478. The van der Waals surface area contributed by atoms with Crippen LogP contribution in [0.15, 0.2) is 58.2 Å². The van der Waals surface area contributed by atoms with Gasteiger partial charge in [-0.25, -0.2) is 13.1 Å². The van der Waals surface area contributed by atoms with E-state index in [4.69, 9.17) is 4.42 Å². The number of furan rings is 1. The average Bonchev–Trinajstić information content (AvgIpc) is 3.29. The van der Waals surface area contributed by atoms with E-state index in [1.807, 2.05) is 11.0 Å². The normalized spacial score (nSPS) is 23.8. The lowest BCUT2D eigenvalue weighted by Gasteiger charge is -2.44. The fourth-order valence-electron chi connectivity index (χ4n) is 4.38. The molecule has 1 aliphatic heterocycles. The molecule has 1 N–H and O–H groups in total. The second kappa shape index (κ2) is 8.69. The molecule has 0 radical (unpaired) electrons. The molecule has 2 fully saturated rings. The largest absolute Gasteiger partial charge is 0.472 e. The zero-order valence-electron chi connectivity index (χ0n) is 16.4. The van der Waals surface area contributed by atoms with E-state index in [1.165, 1.54) is 12.5 Å². The number of carbonyl (C=O) groups is 1. The van der Waals surface area contributed by atoms with Crippen molar-refractivity contribution in [1.82, 2.24) is 14.5 Å². The molecule has 1 saturated carbocycles. The summed E-state index contributed by atoms with van der Waals surface area (Å²) in [6.07, 6.45) is 6.92. The third-order valence-corrected chi connectivity index (χ3v) is 7.43. The Morgan fingerprint density at radius 3 is 2.41 bits per heavy atom. The molecule has 2 atom stereocenters. The number of rotatable bonds is 5. The number of nitrogens with zero attached hydrogens (tertiary/aromatic N) is 2. The van der Waals surface area contributed by atoms with E-state index >= 15 is 0 Å². The number of carbonyl (C=O) groups excluding carboxylic acids is 1. The summed E-state index contributed by atoms with van der Waals surface area (Å²) in [5.41, 5.74) is 0.574. The van der Waals surface area contributed by atoms with Gasteiger partial charge < -0.3 is 9.32 Å². The number of hydrogen-bond donors (Lipinski definition) is 1. The molecule has 2 aromatic rings. The van der Waals surface area contributed by atoms with Gasteiger partial charge in [0.05, 0.1) is 16.7 Å².